The van der Waals surface area contributed by atoms with Crippen LogP contribution in [0.25, 0.3) is 22.2 Å². The lowest BCUT2D eigenvalue weighted by Crippen LogP contribution is -2.63. The van der Waals surface area contributed by atoms with E-state index in [1.54, 1.807) is 24.4 Å². The van der Waals surface area contributed by atoms with Crippen LogP contribution in [0.2, 0.25) is 0 Å². The summed E-state index contributed by atoms with van der Waals surface area (Å²) in [7, 11) is 0. The number of esters is 4. The molecule has 1 aliphatic rings. The summed E-state index contributed by atoms with van der Waals surface area (Å²) in [6, 6.07) is 9.52. The lowest BCUT2D eigenvalue weighted by Gasteiger charge is -2.43. The van der Waals surface area contributed by atoms with Crippen LogP contribution in [0.15, 0.2) is 58.1 Å². The van der Waals surface area contributed by atoms with Gasteiger partial charge < -0.3 is 32.8 Å². The Kier molecular flexibility index (Phi) is 8.97. The second-order valence-corrected chi connectivity index (χ2v) is 9.04. The zero-order chi connectivity index (χ0) is 29.7. The number of benzene rings is 1. The van der Waals surface area contributed by atoms with Crippen LogP contribution in [0.1, 0.15) is 27.7 Å². The molecule has 216 valence electrons. The van der Waals surface area contributed by atoms with Crippen molar-refractivity contribution in [3.8, 4) is 17.0 Å². The average molecular weight is 570 g/mol. The van der Waals surface area contributed by atoms with Crippen LogP contribution in [0, 0.1) is 0 Å². The van der Waals surface area contributed by atoms with E-state index in [2.05, 4.69) is 4.98 Å². The minimum atomic E-state index is -1.44. The van der Waals surface area contributed by atoms with Gasteiger partial charge in [0.05, 0.1) is 16.6 Å². The molecule has 4 rings (SSSR count). The van der Waals surface area contributed by atoms with E-state index in [4.69, 9.17) is 32.8 Å². The Bertz CT molecular complexity index is 1500. The molecule has 3 aromatic rings. The van der Waals surface area contributed by atoms with Gasteiger partial charge in [0.1, 0.15) is 30.3 Å². The van der Waals surface area contributed by atoms with Gasteiger partial charge in [-0.15, -0.1) is 0 Å². The van der Waals surface area contributed by atoms with Crippen molar-refractivity contribution in [3.05, 3.63) is 59.1 Å². The van der Waals surface area contributed by atoms with Crippen molar-refractivity contribution in [2.45, 2.75) is 58.4 Å². The minimum Gasteiger partial charge on any atom is -0.463 e. The maximum absolute atomic E-state index is 13.1. The SMILES string of the molecule is CC(=O)OC[C@@H]1O[C@@H](Oc2ccc3c(=O)c(-c4ccccn4)coc3c2)[C@@H](OC(C)=O)[C@@H](OC(C)=O)[C@H]1OC(C)=O. The van der Waals surface area contributed by atoms with Crippen LogP contribution in [-0.4, -0.2) is 66.2 Å². The molecule has 0 N–H and O–H groups in total. The number of hydrogen-bond acceptors (Lipinski definition) is 13. The minimum absolute atomic E-state index is 0.132. The van der Waals surface area contributed by atoms with Crippen molar-refractivity contribution >= 4 is 34.8 Å². The van der Waals surface area contributed by atoms with Crippen LogP contribution in [-0.2, 0) is 42.9 Å². The Balaban J connectivity index is 1.70. The van der Waals surface area contributed by atoms with Gasteiger partial charge in [0, 0.05) is 40.0 Å². The molecular formula is C28H27NO12. The quantitative estimate of drug-likeness (QED) is 0.287. The molecular weight excluding hydrogens is 542 g/mol. The summed E-state index contributed by atoms with van der Waals surface area (Å²) < 4.78 is 38.8. The molecule has 0 unspecified atom stereocenters. The van der Waals surface area contributed by atoms with E-state index in [9.17, 15) is 24.0 Å². The number of pyridine rings is 1. The van der Waals surface area contributed by atoms with Crippen molar-refractivity contribution in [1.29, 1.82) is 0 Å². The van der Waals surface area contributed by atoms with Gasteiger partial charge in [0.15, 0.2) is 12.2 Å². The number of nitrogens with zero attached hydrogens (tertiary/aromatic N) is 1. The highest BCUT2D eigenvalue weighted by atomic mass is 16.7. The molecule has 2 aromatic heterocycles. The first-order valence-corrected chi connectivity index (χ1v) is 12.5. The zero-order valence-electron chi connectivity index (χ0n) is 22.6. The zero-order valence-corrected chi connectivity index (χ0v) is 22.6. The fourth-order valence-electron chi connectivity index (χ4n) is 4.30. The normalized spacial score (nSPS) is 21.9. The summed E-state index contributed by atoms with van der Waals surface area (Å²) in [5, 5.41) is 0.252. The van der Waals surface area contributed by atoms with E-state index < -0.39 is 61.2 Å². The predicted molar refractivity (Wildman–Crippen MR) is 138 cm³/mol. The van der Waals surface area contributed by atoms with Gasteiger partial charge in [-0.05, 0) is 24.3 Å². The van der Waals surface area contributed by atoms with Crippen LogP contribution in [0.5, 0.6) is 5.75 Å². The van der Waals surface area contributed by atoms with Crippen molar-refractivity contribution < 1.29 is 52.0 Å². The molecule has 1 saturated heterocycles. The third-order valence-electron chi connectivity index (χ3n) is 5.89. The second-order valence-electron chi connectivity index (χ2n) is 9.04. The molecule has 0 spiro atoms. The molecule has 0 saturated carbocycles. The molecule has 0 radical (unpaired) electrons. The third kappa shape index (κ3) is 7.06. The summed E-state index contributed by atoms with van der Waals surface area (Å²) in [5.41, 5.74) is 0.578. The van der Waals surface area contributed by atoms with E-state index in [1.807, 2.05) is 0 Å². The molecule has 13 heteroatoms. The monoisotopic (exact) mass is 569 g/mol. The van der Waals surface area contributed by atoms with Gasteiger partial charge in [-0.1, -0.05) is 6.07 Å². The van der Waals surface area contributed by atoms with Crippen molar-refractivity contribution in [1.82, 2.24) is 4.98 Å². The number of carbonyl (C=O) groups excluding carboxylic acids is 4. The first-order chi connectivity index (χ1) is 19.5. The lowest BCUT2D eigenvalue weighted by molar-refractivity contribution is -0.288. The van der Waals surface area contributed by atoms with Crippen LogP contribution in [0.3, 0.4) is 0 Å². The largest absolute Gasteiger partial charge is 0.463 e. The topological polar surface area (TPSA) is 167 Å². The number of aromatic nitrogens is 1. The van der Waals surface area contributed by atoms with E-state index in [-0.39, 0.29) is 27.7 Å². The Hall–Kier alpha value is -4.78. The van der Waals surface area contributed by atoms with Gasteiger partial charge in [0.25, 0.3) is 0 Å². The molecule has 3 heterocycles. The van der Waals surface area contributed by atoms with Crippen LogP contribution in [0.4, 0.5) is 0 Å². The third-order valence-corrected chi connectivity index (χ3v) is 5.89. The average Bonchev–Trinajstić information content (AvgIpc) is 2.91. The highest BCUT2D eigenvalue weighted by molar-refractivity contribution is 5.82. The molecule has 1 fully saturated rings. The number of hydrogen-bond donors (Lipinski definition) is 0. The number of carbonyl (C=O) groups is 4. The van der Waals surface area contributed by atoms with Gasteiger partial charge in [-0.3, -0.25) is 29.0 Å². The van der Waals surface area contributed by atoms with Gasteiger partial charge >= 0.3 is 23.9 Å². The Labute approximate surface area is 233 Å². The molecule has 0 aliphatic carbocycles. The number of ether oxygens (including phenoxy) is 6. The van der Waals surface area contributed by atoms with Crippen molar-refractivity contribution in [3.63, 3.8) is 0 Å². The number of fused-ring (bicyclic) bond motifs is 1. The maximum atomic E-state index is 13.1. The highest BCUT2D eigenvalue weighted by Gasteiger charge is 2.53. The molecule has 41 heavy (non-hydrogen) atoms. The number of rotatable bonds is 8. The van der Waals surface area contributed by atoms with E-state index in [1.165, 1.54) is 31.4 Å². The van der Waals surface area contributed by atoms with Crippen molar-refractivity contribution in [2.75, 3.05) is 6.61 Å². The predicted octanol–water partition coefficient (Wildman–Crippen LogP) is 2.32. The lowest BCUT2D eigenvalue weighted by atomic mass is 9.98. The molecule has 13 nitrogen and oxygen atoms in total. The van der Waals surface area contributed by atoms with E-state index in [0.29, 0.717) is 5.69 Å². The first kappa shape index (κ1) is 29.2. The van der Waals surface area contributed by atoms with E-state index >= 15 is 0 Å². The van der Waals surface area contributed by atoms with E-state index in [0.717, 1.165) is 20.8 Å². The highest BCUT2D eigenvalue weighted by Crippen LogP contribution is 2.32. The van der Waals surface area contributed by atoms with Crippen molar-refractivity contribution in [2.24, 2.45) is 0 Å². The molecule has 1 aliphatic heterocycles. The summed E-state index contributed by atoms with van der Waals surface area (Å²) in [4.78, 5) is 64.7. The summed E-state index contributed by atoms with van der Waals surface area (Å²) in [6.45, 7) is 4.13. The Morgan fingerprint density at radius 1 is 0.854 bits per heavy atom. The summed E-state index contributed by atoms with van der Waals surface area (Å²) in [6.07, 6.45) is -3.90. The Morgan fingerprint density at radius 2 is 1.54 bits per heavy atom. The molecule has 5 atom stereocenters. The van der Waals surface area contributed by atoms with Gasteiger partial charge in [-0.2, -0.15) is 0 Å². The standard InChI is InChI=1S/C28H27NO12/c1-14(30)35-13-23-25(37-15(2)31)26(38-16(3)32)27(39-17(4)33)28(41-23)40-18-8-9-19-22(11-18)36-12-20(24(19)34)21-7-5-6-10-29-21/h5-12,23,25-28H,13H2,1-4H3/t23-,25-,26-,27-,28+/m0/s1. The van der Waals surface area contributed by atoms with Gasteiger partial charge in [0.2, 0.25) is 17.8 Å². The Morgan fingerprint density at radius 3 is 2.17 bits per heavy atom. The second kappa shape index (κ2) is 12.6. The molecule has 0 amide bonds. The van der Waals surface area contributed by atoms with Crippen LogP contribution >= 0.6 is 0 Å². The van der Waals surface area contributed by atoms with Crippen LogP contribution < -0.4 is 10.2 Å². The van der Waals surface area contributed by atoms with Gasteiger partial charge in [-0.25, -0.2) is 0 Å². The molecule has 0 bridgehead atoms. The first-order valence-electron chi connectivity index (χ1n) is 12.5. The summed E-state index contributed by atoms with van der Waals surface area (Å²) >= 11 is 0. The molecule has 1 aromatic carbocycles. The summed E-state index contributed by atoms with van der Waals surface area (Å²) in [5.74, 6) is -2.80. The fraction of sp³-hybridized carbons (Fsp3) is 0.357. The fourth-order valence-corrected chi connectivity index (χ4v) is 4.30. The maximum Gasteiger partial charge on any atom is 0.303 e. The smallest absolute Gasteiger partial charge is 0.303 e.